The molecule has 4 N–H and O–H groups in total. The molecule has 0 radical (unpaired) electrons. The maximum absolute atomic E-state index is 5.67. The molecule has 204 valence electrons. The third-order valence-electron chi connectivity index (χ3n) is 7.33. The maximum Gasteiger partial charge on any atom is 0.135 e. The summed E-state index contributed by atoms with van der Waals surface area (Å²) in [6.45, 7) is 15.8. The average Bonchev–Trinajstić information content (AvgIpc) is 2.98. The molecule has 3 aromatic rings. The van der Waals surface area contributed by atoms with Gasteiger partial charge in [0.25, 0.3) is 0 Å². The summed E-state index contributed by atoms with van der Waals surface area (Å²) in [6, 6.07) is 18.6. The zero-order valence-corrected chi connectivity index (χ0v) is 23.1. The molecule has 0 bridgehead atoms. The van der Waals surface area contributed by atoms with E-state index in [2.05, 4.69) is 90.4 Å². The van der Waals surface area contributed by atoms with Crippen LogP contribution in [0, 0.1) is 0 Å². The van der Waals surface area contributed by atoms with Crippen molar-refractivity contribution in [2.75, 3.05) is 98.7 Å². The van der Waals surface area contributed by atoms with Crippen LogP contribution >= 0.6 is 0 Å². The second kappa shape index (κ2) is 13.8. The number of nitrogens with two attached hydrogens (primary N) is 1. The van der Waals surface area contributed by atoms with Crippen molar-refractivity contribution >= 4 is 34.4 Å². The van der Waals surface area contributed by atoms with Crippen LogP contribution in [0.3, 0.4) is 0 Å². The molecule has 1 aromatic heterocycles. The van der Waals surface area contributed by atoms with Gasteiger partial charge >= 0.3 is 0 Å². The number of anilines is 6. The lowest BCUT2D eigenvalue weighted by atomic mass is 10.2. The summed E-state index contributed by atoms with van der Waals surface area (Å²) >= 11 is 0. The SMILES string of the molecule is CCN1CCN(c2ccc(N)cc2)CC1.CCN1CCN(c2ccc(Nc3cc(NC)ncn3)cc2)CC1. The number of piperazine rings is 2. The van der Waals surface area contributed by atoms with Gasteiger partial charge in [0.2, 0.25) is 0 Å². The smallest absolute Gasteiger partial charge is 0.135 e. The normalized spacial score (nSPS) is 16.5. The number of nitrogens with one attached hydrogen (secondary N) is 2. The number of nitrogens with zero attached hydrogens (tertiary/aromatic N) is 6. The molecule has 5 rings (SSSR count). The fourth-order valence-corrected chi connectivity index (χ4v) is 4.80. The van der Waals surface area contributed by atoms with Gasteiger partial charge in [-0.05, 0) is 61.6 Å². The lowest BCUT2D eigenvalue weighted by Crippen LogP contribution is -2.46. The number of aromatic nitrogens is 2. The highest BCUT2D eigenvalue weighted by atomic mass is 15.3. The Morgan fingerprint density at radius 1 is 0.684 bits per heavy atom. The minimum atomic E-state index is 0.786. The molecular formula is C29H43N9. The molecule has 0 unspecified atom stereocenters. The van der Waals surface area contributed by atoms with Crippen LogP contribution in [-0.4, -0.2) is 92.3 Å². The van der Waals surface area contributed by atoms with E-state index in [0.717, 1.165) is 75.4 Å². The Labute approximate surface area is 227 Å². The van der Waals surface area contributed by atoms with Crippen LogP contribution in [-0.2, 0) is 0 Å². The molecule has 2 aromatic carbocycles. The first-order valence-corrected chi connectivity index (χ1v) is 13.7. The van der Waals surface area contributed by atoms with E-state index in [-0.39, 0.29) is 0 Å². The standard InChI is InChI=1S/C17H24N6.C12H19N3/c1-3-22-8-10-23(11-9-22)15-6-4-14(5-7-15)21-17-12-16(18-2)19-13-20-17;1-2-14-7-9-15(10-8-14)12-5-3-11(13)4-6-12/h4-7,12-13H,3,8-11H2,1-2H3,(H2,18,19,20,21);3-6H,2,7-10,13H2,1H3. The molecular weight excluding hydrogens is 474 g/mol. The van der Waals surface area contributed by atoms with Gasteiger partial charge in [0, 0.05) is 88.2 Å². The highest BCUT2D eigenvalue weighted by molar-refractivity contribution is 5.62. The summed E-state index contributed by atoms with van der Waals surface area (Å²) in [5, 5.41) is 6.32. The molecule has 0 saturated carbocycles. The third kappa shape index (κ3) is 7.72. The monoisotopic (exact) mass is 517 g/mol. The van der Waals surface area contributed by atoms with Gasteiger partial charge in [-0.2, -0.15) is 0 Å². The van der Waals surface area contributed by atoms with Gasteiger partial charge in [0.1, 0.15) is 18.0 Å². The van der Waals surface area contributed by atoms with Crippen molar-refractivity contribution in [3.8, 4) is 0 Å². The van der Waals surface area contributed by atoms with Crippen molar-refractivity contribution in [1.29, 1.82) is 0 Å². The van der Waals surface area contributed by atoms with Gasteiger partial charge in [0.05, 0.1) is 0 Å². The Hall–Kier alpha value is -3.56. The van der Waals surface area contributed by atoms with Crippen LogP contribution < -0.4 is 26.2 Å². The first-order valence-electron chi connectivity index (χ1n) is 13.7. The fraction of sp³-hybridized carbons (Fsp3) is 0.448. The number of likely N-dealkylation sites (N-methyl/N-ethyl adjacent to an activating group) is 2. The van der Waals surface area contributed by atoms with Gasteiger partial charge in [-0.1, -0.05) is 13.8 Å². The molecule has 0 atom stereocenters. The van der Waals surface area contributed by atoms with Crippen LogP contribution in [0.15, 0.2) is 60.9 Å². The predicted molar refractivity (Wildman–Crippen MR) is 161 cm³/mol. The zero-order valence-electron chi connectivity index (χ0n) is 23.1. The van der Waals surface area contributed by atoms with Crippen molar-refractivity contribution < 1.29 is 0 Å². The van der Waals surface area contributed by atoms with Crippen molar-refractivity contribution in [2.24, 2.45) is 0 Å². The van der Waals surface area contributed by atoms with Crippen molar-refractivity contribution in [2.45, 2.75) is 13.8 Å². The van der Waals surface area contributed by atoms with E-state index in [9.17, 15) is 0 Å². The van der Waals surface area contributed by atoms with E-state index in [1.54, 1.807) is 6.33 Å². The topological polar surface area (TPSA) is 88.8 Å². The lowest BCUT2D eigenvalue weighted by molar-refractivity contribution is 0.271. The van der Waals surface area contributed by atoms with Crippen molar-refractivity contribution in [3.05, 3.63) is 60.9 Å². The summed E-state index contributed by atoms with van der Waals surface area (Å²) < 4.78 is 0. The molecule has 0 aliphatic carbocycles. The van der Waals surface area contributed by atoms with Crippen LogP contribution in [0.25, 0.3) is 0 Å². The Morgan fingerprint density at radius 2 is 1.16 bits per heavy atom. The van der Waals surface area contributed by atoms with E-state index < -0.39 is 0 Å². The van der Waals surface area contributed by atoms with Gasteiger partial charge in [-0.25, -0.2) is 9.97 Å². The van der Waals surface area contributed by atoms with E-state index in [4.69, 9.17) is 5.73 Å². The molecule has 2 aliphatic rings. The third-order valence-corrected chi connectivity index (χ3v) is 7.33. The summed E-state index contributed by atoms with van der Waals surface area (Å²) in [7, 11) is 1.85. The Kier molecular flexibility index (Phi) is 10.0. The zero-order chi connectivity index (χ0) is 26.7. The Morgan fingerprint density at radius 3 is 1.63 bits per heavy atom. The number of hydrogen-bond donors (Lipinski definition) is 3. The summed E-state index contributed by atoms with van der Waals surface area (Å²) in [5.74, 6) is 1.58. The van der Waals surface area contributed by atoms with E-state index in [0.29, 0.717) is 0 Å². The van der Waals surface area contributed by atoms with E-state index in [1.807, 2.05) is 25.2 Å². The average molecular weight is 518 g/mol. The fourth-order valence-electron chi connectivity index (χ4n) is 4.80. The van der Waals surface area contributed by atoms with Crippen LogP contribution in [0.1, 0.15) is 13.8 Å². The highest BCUT2D eigenvalue weighted by Gasteiger charge is 2.16. The van der Waals surface area contributed by atoms with Crippen molar-refractivity contribution in [3.63, 3.8) is 0 Å². The van der Waals surface area contributed by atoms with Gasteiger partial charge in [0.15, 0.2) is 0 Å². The second-order valence-electron chi connectivity index (χ2n) is 9.64. The first kappa shape index (κ1) is 27.5. The summed E-state index contributed by atoms with van der Waals surface area (Å²) in [6.07, 6.45) is 1.55. The quantitative estimate of drug-likeness (QED) is 0.405. The van der Waals surface area contributed by atoms with Crippen LogP contribution in [0.5, 0.6) is 0 Å². The number of benzene rings is 2. The highest BCUT2D eigenvalue weighted by Crippen LogP contribution is 2.22. The molecule has 2 saturated heterocycles. The number of rotatable bonds is 7. The molecule has 0 spiro atoms. The summed E-state index contributed by atoms with van der Waals surface area (Å²) in [4.78, 5) is 18.2. The largest absolute Gasteiger partial charge is 0.399 e. The van der Waals surface area contributed by atoms with Crippen LogP contribution in [0.2, 0.25) is 0 Å². The van der Waals surface area contributed by atoms with Crippen molar-refractivity contribution in [1.82, 2.24) is 19.8 Å². The minimum Gasteiger partial charge on any atom is -0.399 e. The number of nitrogen functional groups attached to an aromatic ring is 1. The lowest BCUT2D eigenvalue weighted by Gasteiger charge is -2.35. The molecule has 38 heavy (non-hydrogen) atoms. The molecule has 0 amide bonds. The minimum absolute atomic E-state index is 0.786. The first-order chi connectivity index (χ1) is 18.6. The molecule has 2 fully saturated rings. The van der Waals surface area contributed by atoms with Gasteiger partial charge in [-0.3, -0.25) is 0 Å². The predicted octanol–water partition coefficient (Wildman–Crippen LogP) is 3.81. The van der Waals surface area contributed by atoms with Gasteiger partial charge in [-0.15, -0.1) is 0 Å². The second-order valence-corrected chi connectivity index (χ2v) is 9.64. The van der Waals surface area contributed by atoms with Crippen LogP contribution in [0.4, 0.5) is 34.4 Å². The number of hydrogen-bond acceptors (Lipinski definition) is 9. The molecule has 2 aliphatic heterocycles. The molecule has 9 heteroatoms. The summed E-state index contributed by atoms with van der Waals surface area (Å²) in [5.41, 5.74) is 10.1. The molecule has 9 nitrogen and oxygen atoms in total. The van der Waals surface area contributed by atoms with Gasteiger partial charge < -0.3 is 36.0 Å². The Balaban J connectivity index is 0.000000194. The Bertz CT molecular complexity index is 1090. The van der Waals surface area contributed by atoms with E-state index >= 15 is 0 Å². The van der Waals surface area contributed by atoms with E-state index in [1.165, 1.54) is 24.5 Å². The maximum atomic E-state index is 5.67. The molecule has 3 heterocycles.